The number of nitrogens with two attached hydrogens (primary N) is 1. The van der Waals surface area contributed by atoms with Crippen LogP contribution in [0.15, 0.2) is 41.6 Å². The first-order valence-electron chi connectivity index (χ1n) is 9.73. The highest BCUT2D eigenvalue weighted by Gasteiger charge is 2.31. The van der Waals surface area contributed by atoms with Crippen molar-refractivity contribution in [2.45, 2.75) is 23.5 Å². The number of carbonyl (C=O) groups is 1. The first kappa shape index (κ1) is 22.7. The summed E-state index contributed by atoms with van der Waals surface area (Å²) in [5.74, 6) is 1.13. The molecule has 9 heteroatoms. The molecule has 1 aliphatic rings. The van der Waals surface area contributed by atoms with Gasteiger partial charge in [-0.15, -0.1) is 11.8 Å². The van der Waals surface area contributed by atoms with Crippen LogP contribution < -0.4 is 15.8 Å². The Labute approximate surface area is 186 Å². The van der Waals surface area contributed by atoms with E-state index in [0.717, 1.165) is 31.8 Å². The Balaban J connectivity index is 1.55. The third-order valence-corrected chi connectivity index (χ3v) is 6.47. The van der Waals surface area contributed by atoms with Crippen LogP contribution in [0.5, 0.6) is 5.75 Å². The number of rotatable bonds is 8. The number of amides is 1. The summed E-state index contributed by atoms with van der Waals surface area (Å²) in [5.41, 5.74) is 6.55. The smallest absolute Gasteiger partial charge is 0.255 e. The topological polar surface area (TPSA) is 89.7 Å². The van der Waals surface area contributed by atoms with Gasteiger partial charge in [0.25, 0.3) is 5.91 Å². The average Bonchev–Trinajstić information content (AvgIpc) is 2.76. The van der Waals surface area contributed by atoms with Crippen molar-refractivity contribution in [3.63, 3.8) is 0 Å². The zero-order chi connectivity index (χ0) is 21.5. The molecule has 0 spiro atoms. The van der Waals surface area contributed by atoms with E-state index in [2.05, 4.69) is 15.2 Å². The van der Waals surface area contributed by atoms with Gasteiger partial charge in [-0.05, 0) is 24.6 Å². The van der Waals surface area contributed by atoms with Crippen LogP contribution in [0.4, 0.5) is 5.69 Å². The number of hydrogen-bond donors (Lipinski definition) is 2. The van der Waals surface area contributed by atoms with Gasteiger partial charge in [-0.2, -0.15) is 0 Å². The molecule has 7 nitrogen and oxygen atoms in total. The number of anilines is 1. The van der Waals surface area contributed by atoms with Crippen molar-refractivity contribution >= 4 is 35.0 Å². The van der Waals surface area contributed by atoms with E-state index in [9.17, 15) is 4.79 Å². The molecule has 0 saturated carbocycles. The number of methoxy groups -OCH3 is 2. The molecule has 2 heterocycles. The summed E-state index contributed by atoms with van der Waals surface area (Å²) in [5, 5.41) is 3.40. The van der Waals surface area contributed by atoms with Crippen LogP contribution in [-0.2, 0) is 4.74 Å². The van der Waals surface area contributed by atoms with E-state index in [-0.39, 0.29) is 18.1 Å². The summed E-state index contributed by atoms with van der Waals surface area (Å²) in [6.45, 7) is 2.61. The van der Waals surface area contributed by atoms with Crippen LogP contribution in [0.2, 0.25) is 5.02 Å². The maximum absolute atomic E-state index is 12.9. The number of pyridine rings is 1. The van der Waals surface area contributed by atoms with Crippen molar-refractivity contribution in [3.8, 4) is 5.75 Å². The second-order valence-electron chi connectivity index (χ2n) is 7.05. The Kier molecular flexibility index (Phi) is 8.21. The van der Waals surface area contributed by atoms with Crippen LogP contribution in [0, 0.1) is 0 Å². The molecule has 2 aromatic rings. The SMILES string of the molecule is COc1cc(N)c(Cl)cc1C(=O)N[C@@H]1CCN(CCSc2ccncc2)C[C@@H]1OC. The first-order chi connectivity index (χ1) is 14.5. The molecule has 0 bridgehead atoms. The zero-order valence-corrected chi connectivity index (χ0v) is 18.7. The second-order valence-corrected chi connectivity index (χ2v) is 8.62. The van der Waals surface area contributed by atoms with Crippen LogP contribution in [-0.4, -0.2) is 67.5 Å². The van der Waals surface area contributed by atoms with E-state index in [1.165, 1.54) is 12.0 Å². The van der Waals surface area contributed by atoms with Crippen LogP contribution in [0.1, 0.15) is 16.8 Å². The van der Waals surface area contributed by atoms with Crippen molar-refractivity contribution in [2.75, 3.05) is 45.3 Å². The lowest BCUT2D eigenvalue weighted by molar-refractivity contribution is 0.00834. The number of aromatic nitrogens is 1. The lowest BCUT2D eigenvalue weighted by Gasteiger charge is -2.38. The van der Waals surface area contributed by atoms with Crippen molar-refractivity contribution in [3.05, 3.63) is 47.2 Å². The van der Waals surface area contributed by atoms with Gasteiger partial charge in [0.05, 0.1) is 35.5 Å². The van der Waals surface area contributed by atoms with Gasteiger partial charge in [-0.1, -0.05) is 11.6 Å². The zero-order valence-electron chi connectivity index (χ0n) is 17.1. The number of nitrogen functional groups attached to an aromatic ring is 1. The number of piperidine rings is 1. The number of ether oxygens (including phenoxy) is 2. The molecule has 0 radical (unpaired) electrons. The molecule has 1 amide bonds. The number of halogens is 1. The molecule has 2 atom stereocenters. The highest BCUT2D eigenvalue weighted by Crippen LogP contribution is 2.29. The van der Waals surface area contributed by atoms with E-state index < -0.39 is 0 Å². The Morgan fingerprint density at radius 2 is 2.13 bits per heavy atom. The molecular weight excluding hydrogens is 424 g/mol. The molecule has 1 aliphatic heterocycles. The van der Waals surface area contributed by atoms with E-state index >= 15 is 0 Å². The highest BCUT2D eigenvalue weighted by atomic mass is 35.5. The van der Waals surface area contributed by atoms with Crippen molar-refractivity contribution in [2.24, 2.45) is 0 Å². The summed E-state index contributed by atoms with van der Waals surface area (Å²) >= 11 is 7.91. The molecule has 1 aromatic carbocycles. The van der Waals surface area contributed by atoms with Crippen LogP contribution in [0.25, 0.3) is 0 Å². The molecule has 1 saturated heterocycles. The van der Waals surface area contributed by atoms with Crippen molar-refractivity contribution < 1.29 is 14.3 Å². The molecule has 3 N–H and O–H groups in total. The largest absolute Gasteiger partial charge is 0.496 e. The highest BCUT2D eigenvalue weighted by molar-refractivity contribution is 7.99. The maximum Gasteiger partial charge on any atom is 0.255 e. The van der Waals surface area contributed by atoms with Gasteiger partial charge >= 0.3 is 0 Å². The Hall–Kier alpha value is -2.00. The van der Waals surface area contributed by atoms with Crippen LogP contribution in [0.3, 0.4) is 0 Å². The Morgan fingerprint density at radius 3 is 2.83 bits per heavy atom. The number of nitrogens with zero attached hydrogens (tertiary/aromatic N) is 2. The maximum atomic E-state index is 12.9. The number of likely N-dealkylation sites (tertiary alicyclic amines) is 1. The van der Waals surface area contributed by atoms with E-state index in [4.69, 9.17) is 26.8 Å². The monoisotopic (exact) mass is 450 g/mol. The minimum absolute atomic E-state index is 0.0902. The second kappa shape index (κ2) is 10.9. The molecule has 162 valence electrons. The predicted molar refractivity (Wildman–Crippen MR) is 120 cm³/mol. The van der Waals surface area contributed by atoms with Gasteiger partial charge in [0.15, 0.2) is 0 Å². The lowest BCUT2D eigenvalue weighted by atomic mass is 10.0. The van der Waals surface area contributed by atoms with Gasteiger partial charge in [-0.3, -0.25) is 14.7 Å². The molecular formula is C21H27ClN4O3S. The third-order valence-electron chi connectivity index (χ3n) is 5.15. The number of carbonyl (C=O) groups excluding carboxylic acids is 1. The summed E-state index contributed by atoms with van der Waals surface area (Å²) in [7, 11) is 3.18. The fraction of sp³-hybridized carbons (Fsp3) is 0.429. The summed E-state index contributed by atoms with van der Waals surface area (Å²) in [4.78, 5) is 20.5. The number of hydrogen-bond acceptors (Lipinski definition) is 7. The summed E-state index contributed by atoms with van der Waals surface area (Å²) in [6, 6.07) is 7.05. The van der Waals surface area contributed by atoms with E-state index in [1.54, 1.807) is 31.6 Å². The normalized spacial score (nSPS) is 19.4. The fourth-order valence-electron chi connectivity index (χ4n) is 3.48. The van der Waals surface area contributed by atoms with Crippen molar-refractivity contribution in [1.29, 1.82) is 0 Å². The molecule has 3 rings (SSSR count). The molecule has 0 unspecified atom stereocenters. The first-order valence-corrected chi connectivity index (χ1v) is 11.1. The fourth-order valence-corrected chi connectivity index (χ4v) is 4.54. The number of benzene rings is 1. The van der Waals surface area contributed by atoms with Gasteiger partial charge in [0.1, 0.15) is 5.75 Å². The summed E-state index contributed by atoms with van der Waals surface area (Å²) in [6.07, 6.45) is 4.32. The molecule has 1 aromatic heterocycles. The van der Waals surface area contributed by atoms with E-state index in [0.29, 0.717) is 22.0 Å². The minimum Gasteiger partial charge on any atom is -0.496 e. The molecule has 0 aliphatic carbocycles. The van der Waals surface area contributed by atoms with Crippen molar-refractivity contribution in [1.82, 2.24) is 15.2 Å². The third kappa shape index (κ3) is 5.78. The molecule has 30 heavy (non-hydrogen) atoms. The lowest BCUT2D eigenvalue weighted by Crippen LogP contribution is -2.55. The standard InChI is InChI=1S/C21H27ClN4O3S/c1-28-19-12-17(23)16(22)11-15(19)21(27)25-18-5-8-26(13-20(18)29-2)9-10-30-14-3-6-24-7-4-14/h3-4,6-7,11-12,18,20H,5,8-10,13,23H2,1-2H3,(H,25,27)/t18-,20+/m1/s1. The minimum atomic E-state index is -0.248. The summed E-state index contributed by atoms with van der Waals surface area (Å²) < 4.78 is 11.0. The van der Waals surface area contributed by atoms with Gasteiger partial charge in [-0.25, -0.2) is 0 Å². The number of nitrogens with one attached hydrogen (secondary N) is 1. The number of thioether (sulfide) groups is 1. The predicted octanol–water partition coefficient (Wildman–Crippen LogP) is 2.94. The molecule has 1 fully saturated rings. The van der Waals surface area contributed by atoms with Gasteiger partial charge < -0.3 is 20.5 Å². The Bertz CT molecular complexity index is 856. The van der Waals surface area contributed by atoms with Crippen LogP contribution >= 0.6 is 23.4 Å². The van der Waals surface area contributed by atoms with Gasteiger partial charge in [0.2, 0.25) is 0 Å². The van der Waals surface area contributed by atoms with Gasteiger partial charge in [0, 0.05) is 55.9 Å². The van der Waals surface area contributed by atoms with E-state index in [1.807, 2.05) is 23.9 Å². The Morgan fingerprint density at radius 1 is 1.37 bits per heavy atom. The average molecular weight is 451 g/mol. The quantitative estimate of drug-likeness (QED) is 0.472.